The Hall–Kier alpha value is -2.40. The van der Waals surface area contributed by atoms with Gasteiger partial charge in [-0.3, -0.25) is 0 Å². The van der Waals surface area contributed by atoms with E-state index in [4.69, 9.17) is 16.3 Å². The van der Waals surface area contributed by atoms with E-state index in [2.05, 4.69) is 23.2 Å². The number of carbonyl (C=O) groups excluding carboxylic acids is 1. The highest BCUT2D eigenvalue weighted by molar-refractivity contribution is 6.30. The topological polar surface area (TPSA) is 44.8 Å². The van der Waals surface area contributed by atoms with Gasteiger partial charge in [-0.15, -0.1) is 0 Å². The van der Waals surface area contributed by atoms with Crippen molar-refractivity contribution in [3.63, 3.8) is 0 Å². The quantitative estimate of drug-likeness (QED) is 0.850. The SMILES string of the molecule is COc1cccc(CCNC(=O)N2CCN(c3ccc(Cl)cc3C)CC2)c1. The standard InChI is InChI=1S/C21H26ClN3O2/c1-16-14-18(22)6-7-20(16)24-10-12-25(13-11-24)21(26)23-9-8-17-4-3-5-19(15-17)27-2/h3-7,14-15H,8-13H2,1-2H3,(H,23,26). The van der Waals surface area contributed by atoms with Gasteiger partial charge in [0.25, 0.3) is 0 Å². The molecule has 2 aromatic carbocycles. The predicted octanol–water partition coefficient (Wildman–Crippen LogP) is 3.73. The first-order valence-corrected chi connectivity index (χ1v) is 9.61. The zero-order valence-electron chi connectivity index (χ0n) is 15.9. The molecule has 1 aliphatic heterocycles. The molecule has 0 saturated carbocycles. The molecule has 1 saturated heterocycles. The minimum atomic E-state index is 0.00498. The van der Waals surface area contributed by atoms with Crippen LogP contribution in [0.15, 0.2) is 42.5 Å². The third-order valence-corrected chi connectivity index (χ3v) is 5.13. The normalized spacial score (nSPS) is 14.2. The number of halogens is 1. The first-order chi connectivity index (χ1) is 13.1. The summed E-state index contributed by atoms with van der Waals surface area (Å²) in [4.78, 5) is 16.6. The van der Waals surface area contributed by atoms with Gasteiger partial charge in [-0.25, -0.2) is 4.79 Å². The Morgan fingerprint density at radius 3 is 2.63 bits per heavy atom. The maximum Gasteiger partial charge on any atom is 0.317 e. The molecular weight excluding hydrogens is 362 g/mol. The van der Waals surface area contributed by atoms with Crippen LogP contribution >= 0.6 is 11.6 Å². The summed E-state index contributed by atoms with van der Waals surface area (Å²) < 4.78 is 5.23. The molecule has 0 aliphatic carbocycles. The largest absolute Gasteiger partial charge is 0.497 e. The number of anilines is 1. The summed E-state index contributed by atoms with van der Waals surface area (Å²) in [5, 5.41) is 3.78. The fourth-order valence-electron chi connectivity index (χ4n) is 3.38. The van der Waals surface area contributed by atoms with Crippen molar-refractivity contribution < 1.29 is 9.53 Å². The van der Waals surface area contributed by atoms with Crippen LogP contribution in [0, 0.1) is 6.92 Å². The van der Waals surface area contributed by atoms with Gasteiger partial charge in [0.05, 0.1) is 7.11 Å². The predicted molar refractivity (Wildman–Crippen MR) is 110 cm³/mol. The fraction of sp³-hybridized carbons (Fsp3) is 0.381. The highest BCUT2D eigenvalue weighted by Crippen LogP contribution is 2.24. The van der Waals surface area contributed by atoms with Crippen LogP contribution in [0.4, 0.5) is 10.5 Å². The number of aryl methyl sites for hydroxylation is 1. The Morgan fingerprint density at radius 2 is 1.93 bits per heavy atom. The molecule has 0 spiro atoms. The first kappa shape index (κ1) is 19.4. The van der Waals surface area contributed by atoms with Gasteiger partial charge in [-0.05, 0) is 54.8 Å². The second kappa shape index (κ2) is 9.00. The number of methoxy groups -OCH3 is 1. The van der Waals surface area contributed by atoms with Crippen molar-refractivity contribution in [3.05, 3.63) is 58.6 Å². The molecule has 5 nitrogen and oxygen atoms in total. The van der Waals surface area contributed by atoms with Crippen molar-refractivity contribution in [1.82, 2.24) is 10.2 Å². The molecule has 0 radical (unpaired) electrons. The maximum atomic E-state index is 12.4. The Morgan fingerprint density at radius 1 is 1.15 bits per heavy atom. The van der Waals surface area contributed by atoms with E-state index in [1.807, 2.05) is 41.3 Å². The van der Waals surface area contributed by atoms with E-state index in [1.165, 1.54) is 11.3 Å². The Kier molecular flexibility index (Phi) is 6.45. The van der Waals surface area contributed by atoms with Crippen LogP contribution < -0.4 is 15.0 Å². The lowest BCUT2D eigenvalue weighted by Gasteiger charge is -2.36. The molecule has 144 valence electrons. The van der Waals surface area contributed by atoms with Crippen molar-refractivity contribution in [2.75, 3.05) is 44.7 Å². The minimum Gasteiger partial charge on any atom is -0.497 e. The molecule has 27 heavy (non-hydrogen) atoms. The van der Waals surface area contributed by atoms with E-state index in [1.54, 1.807) is 7.11 Å². The second-order valence-corrected chi connectivity index (χ2v) is 7.17. The number of hydrogen-bond donors (Lipinski definition) is 1. The molecule has 1 aliphatic rings. The van der Waals surface area contributed by atoms with Crippen LogP contribution in [-0.4, -0.2) is 50.8 Å². The number of ether oxygens (including phenoxy) is 1. The zero-order valence-corrected chi connectivity index (χ0v) is 16.6. The molecule has 0 atom stereocenters. The van der Waals surface area contributed by atoms with Crippen molar-refractivity contribution in [1.29, 1.82) is 0 Å². The molecule has 2 amide bonds. The average molecular weight is 388 g/mol. The number of rotatable bonds is 5. The highest BCUT2D eigenvalue weighted by Gasteiger charge is 2.21. The number of urea groups is 1. The maximum absolute atomic E-state index is 12.4. The van der Waals surface area contributed by atoms with Gasteiger partial charge in [0.2, 0.25) is 0 Å². The van der Waals surface area contributed by atoms with Crippen LogP contribution in [-0.2, 0) is 6.42 Å². The Bertz CT molecular complexity index is 789. The number of nitrogens with one attached hydrogen (secondary N) is 1. The van der Waals surface area contributed by atoms with Gasteiger partial charge in [0.15, 0.2) is 0 Å². The van der Waals surface area contributed by atoms with Gasteiger partial charge in [-0.1, -0.05) is 23.7 Å². The van der Waals surface area contributed by atoms with E-state index in [-0.39, 0.29) is 6.03 Å². The Balaban J connectivity index is 1.45. The van der Waals surface area contributed by atoms with Gasteiger partial charge in [-0.2, -0.15) is 0 Å². The second-order valence-electron chi connectivity index (χ2n) is 6.74. The first-order valence-electron chi connectivity index (χ1n) is 9.23. The molecule has 1 fully saturated rings. The van der Waals surface area contributed by atoms with Crippen LogP contribution in [0.5, 0.6) is 5.75 Å². The summed E-state index contributed by atoms with van der Waals surface area (Å²) in [6.07, 6.45) is 0.785. The van der Waals surface area contributed by atoms with Crippen molar-refractivity contribution in [2.45, 2.75) is 13.3 Å². The molecule has 0 bridgehead atoms. The number of carbonyl (C=O) groups is 1. The van der Waals surface area contributed by atoms with E-state index >= 15 is 0 Å². The zero-order chi connectivity index (χ0) is 19.2. The Labute approximate surface area is 165 Å². The van der Waals surface area contributed by atoms with Gasteiger partial charge in [0.1, 0.15) is 5.75 Å². The number of piperazine rings is 1. The summed E-state index contributed by atoms with van der Waals surface area (Å²) in [5.74, 6) is 0.840. The third-order valence-electron chi connectivity index (χ3n) is 4.89. The van der Waals surface area contributed by atoms with Gasteiger partial charge < -0.3 is 19.9 Å². The van der Waals surface area contributed by atoms with Crippen LogP contribution in [0.1, 0.15) is 11.1 Å². The molecule has 1 N–H and O–H groups in total. The molecule has 3 rings (SSSR count). The smallest absolute Gasteiger partial charge is 0.317 e. The number of benzene rings is 2. The molecule has 0 unspecified atom stereocenters. The number of nitrogens with zero attached hydrogens (tertiary/aromatic N) is 2. The average Bonchev–Trinajstić information content (AvgIpc) is 2.68. The van der Waals surface area contributed by atoms with Crippen molar-refractivity contribution in [2.24, 2.45) is 0 Å². The van der Waals surface area contributed by atoms with Gasteiger partial charge in [0, 0.05) is 43.4 Å². The molecule has 6 heteroatoms. The monoisotopic (exact) mass is 387 g/mol. The van der Waals surface area contributed by atoms with E-state index in [9.17, 15) is 4.79 Å². The molecule has 2 aromatic rings. The van der Waals surface area contributed by atoms with Crippen LogP contribution in [0.25, 0.3) is 0 Å². The van der Waals surface area contributed by atoms with Crippen LogP contribution in [0.2, 0.25) is 5.02 Å². The molecular formula is C21H26ClN3O2. The summed E-state index contributed by atoms with van der Waals surface area (Å²) in [7, 11) is 1.66. The van der Waals surface area contributed by atoms with Gasteiger partial charge >= 0.3 is 6.03 Å². The lowest BCUT2D eigenvalue weighted by Crippen LogP contribution is -2.52. The molecule has 0 aromatic heterocycles. The van der Waals surface area contributed by atoms with Crippen molar-refractivity contribution in [3.8, 4) is 5.75 Å². The van der Waals surface area contributed by atoms with E-state index in [0.29, 0.717) is 19.6 Å². The summed E-state index contributed by atoms with van der Waals surface area (Å²) in [6.45, 7) is 5.76. The summed E-state index contributed by atoms with van der Waals surface area (Å²) in [5.41, 5.74) is 3.51. The summed E-state index contributed by atoms with van der Waals surface area (Å²) >= 11 is 6.04. The van der Waals surface area contributed by atoms with E-state index < -0.39 is 0 Å². The van der Waals surface area contributed by atoms with E-state index in [0.717, 1.165) is 35.8 Å². The lowest BCUT2D eigenvalue weighted by molar-refractivity contribution is 0.194. The summed E-state index contributed by atoms with van der Waals surface area (Å²) in [6, 6.07) is 13.9. The third kappa shape index (κ3) is 5.07. The lowest BCUT2D eigenvalue weighted by atomic mass is 10.1. The highest BCUT2D eigenvalue weighted by atomic mass is 35.5. The number of amides is 2. The minimum absolute atomic E-state index is 0.00498. The van der Waals surface area contributed by atoms with Crippen LogP contribution in [0.3, 0.4) is 0 Å². The number of hydrogen-bond acceptors (Lipinski definition) is 3. The molecule has 1 heterocycles. The van der Waals surface area contributed by atoms with Crippen molar-refractivity contribution >= 4 is 23.3 Å². The fourth-order valence-corrected chi connectivity index (χ4v) is 3.60.